The second-order valence-electron chi connectivity index (χ2n) is 8.66. The van der Waals surface area contributed by atoms with Gasteiger partial charge in [0.15, 0.2) is 5.82 Å². The van der Waals surface area contributed by atoms with Crippen LogP contribution >= 0.6 is 11.6 Å². The van der Waals surface area contributed by atoms with E-state index in [0.29, 0.717) is 31.2 Å². The summed E-state index contributed by atoms with van der Waals surface area (Å²) in [6.45, 7) is 8.98. The first-order valence-electron chi connectivity index (χ1n) is 10.5. The number of ether oxygens (including phenoxy) is 1. The van der Waals surface area contributed by atoms with Crippen LogP contribution in [0.3, 0.4) is 0 Å². The molecule has 0 radical (unpaired) electrons. The third kappa shape index (κ3) is 4.88. The summed E-state index contributed by atoms with van der Waals surface area (Å²) in [5.74, 6) is 0.895. The summed E-state index contributed by atoms with van der Waals surface area (Å²) in [6, 6.07) is 7.75. The zero-order valence-electron chi connectivity index (χ0n) is 18.1. The van der Waals surface area contributed by atoms with Gasteiger partial charge in [-0.15, -0.1) is 0 Å². The first-order valence-corrected chi connectivity index (χ1v) is 10.9. The highest BCUT2D eigenvalue weighted by Gasteiger charge is 2.29. The molecule has 164 valence electrons. The largest absolute Gasteiger partial charge is 0.444 e. The van der Waals surface area contributed by atoms with Gasteiger partial charge in [0.25, 0.3) is 0 Å². The van der Waals surface area contributed by atoms with Gasteiger partial charge in [-0.1, -0.05) is 29.8 Å². The van der Waals surface area contributed by atoms with Crippen molar-refractivity contribution in [1.82, 2.24) is 20.4 Å². The number of halogens is 1. The highest BCUT2D eigenvalue weighted by molar-refractivity contribution is 6.30. The maximum absolute atomic E-state index is 12.4. The number of aromatic nitrogens is 2. The van der Waals surface area contributed by atoms with Gasteiger partial charge in [0.05, 0.1) is 11.3 Å². The lowest BCUT2D eigenvalue weighted by atomic mass is 9.99. The average molecular weight is 442 g/mol. The van der Waals surface area contributed by atoms with E-state index in [2.05, 4.69) is 32.6 Å². The molecule has 0 spiro atoms. The summed E-state index contributed by atoms with van der Waals surface area (Å²) >= 11 is 6.09. The molecule has 2 aromatic rings. The number of dihydropyridines is 1. The van der Waals surface area contributed by atoms with E-state index < -0.39 is 5.60 Å². The smallest absolute Gasteiger partial charge is 0.410 e. The van der Waals surface area contributed by atoms with Crippen molar-refractivity contribution in [2.45, 2.75) is 26.4 Å². The Bertz CT molecular complexity index is 996. The third-order valence-corrected chi connectivity index (χ3v) is 5.47. The van der Waals surface area contributed by atoms with Crippen LogP contribution in [0.4, 0.5) is 10.6 Å². The monoisotopic (exact) mass is 441 g/mol. The predicted molar refractivity (Wildman–Crippen MR) is 124 cm³/mol. The lowest BCUT2D eigenvalue weighted by Crippen LogP contribution is -2.50. The number of nitrogens with zero attached hydrogens (tertiary/aromatic N) is 3. The van der Waals surface area contributed by atoms with Crippen molar-refractivity contribution >= 4 is 29.1 Å². The highest BCUT2D eigenvalue weighted by atomic mass is 35.5. The van der Waals surface area contributed by atoms with Gasteiger partial charge in [0.2, 0.25) is 0 Å². The molecule has 0 saturated carbocycles. The molecule has 7 nitrogen and oxygen atoms in total. The Balaban J connectivity index is 1.59. The Labute approximate surface area is 187 Å². The Kier molecular flexibility index (Phi) is 5.96. The first kappa shape index (κ1) is 21.3. The molecule has 1 aromatic heterocycles. The lowest BCUT2D eigenvalue weighted by molar-refractivity contribution is 0.0240. The van der Waals surface area contributed by atoms with Crippen LogP contribution in [-0.4, -0.2) is 59.5 Å². The number of hydrogen-bond acceptors (Lipinski definition) is 5. The van der Waals surface area contributed by atoms with Crippen molar-refractivity contribution in [2.75, 3.05) is 37.6 Å². The predicted octanol–water partition coefficient (Wildman–Crippen LogP) is 4.29. The van der Waals surface area contributed by atoms with E-state index in [4.69, 9.17) is 16.3 Å². The van der Waals surface area contributed by atoms with Gasteiger partial charge in [0.1, 0.15) is 5.60 Å². The molecule has 0 aliphatic carbocycles. The number of carbonyl (C=O) groups is 1. The normalized spacial score (nSPS) is 16.7. The van der Waals surface area contributed by atoms with E-state index in [1.165, 1.54) is 0 Å². The number of H-pyrrole nitrogens is 1. The van der Waals surface area contributed by atoms with Crippen molar-refractivity contribution < 1.29 is 9.53 Å². The van der Waals surface area contributed by atoms with Crippen LogP contribution < -0.4 is 10.2 Å². The molecule has 0 unspecified atom stereocenters. The van der Waals surface area contributed by atoms with Gasteiger partial charge >= 0.3 is 6.09 Å². The van der Waals surface area contributed by atoms with E-state index in [9.17, 15) is 4.79 Å². The Morgan fingerprint density at radius 3 is 2.45 bits per heavy atom. The number of benzene rings is 1. The van der Waals surface area contributed by atoms with Gasteiger partial charge in [-0.2, -0.15) is 5.10 Å². The zero-order valence-corrected chi connectivity index (χ0v) is 18.9. The number of piperazine rings is 1. The van der Waals surface area contributed by atoms with Crippen LogP contribution in [0.5, 0.6) is 0 Å². The van der Waals surface area contributed by atoms with E-state index >= 15 is 0 Å². The van der Waals surface area contributed by atoms with Crippen LogP contribution in [0.1, 0.15) is 26.3 Å². The molecule has 3 heterocycles. The van der Waals surface area contributed by atoms with Gasteiger partial charge < -0.3 is 19.9 Å². The first-order chi connectivity index (χ1) is 14.8. The third-order valence-electron chi connectivity index (χ3n) is 5.22. The molecule has 2 N–H and O–H groups in total. The number of hydrogen-bond donors (Lipinski definition) is 2. The minimum Gasteiger partial charge on any atom is -0.444 e. The standard InChI is InChI=1S/C23H28ClN5O2/c1-23(2,3)31-22(30)29-14-12-28(13-15-29)21-19(16-8-10-25-11-9-16)20(26-27-21)17-4-6-18(24)7-5-17/h4-10,25H,11-15H2,1-3H3,(H,26,27). The molecular formula is C23H28ClN5O2. The quantitative estimate of drug-likeness (QED) is 0.743. The number of aromatic amines is 1. The van der Waals surface area contributed by atoms with Crippen LogP contribution in [0.2, 0.25) is 5.02 Å². The van der Waals surface area contributed by atoms with E-state index in [-0.39, 0.29) is 6.09 Å². The Morgan fingerprint density at radius 2 is 1.84 bits per heavy atom. The number of rotatable bonds is 3. The SMILES string of the molecule is CC(C)(C)OC(=O)N1CCN(c2n[nH]c(-c3ccc(Cl)cc3)c2C2=CCNC=C2)CC1. The molecule has 8 heteroatoms. The van der Waals surface area contributed by atoms with Crippen molar-refractivity contribution in [1.29, 1.82) is 0 Å². The lowest BCUT2D eigenvalue weighted by Gasteiger charge is -2.36. The van der Waals surface area contributed by atoms with E-state index in [1.54, 1.807) is 4.90 Å². The van der Waals surface area contributed by atoms with Crippen molar-refractivity contribution in [3.05, 3.63) is 53.2 Å². The number of allylic oxidation sites excluding steroid dienone is 2. The van der Waals surface area contributed by atoms with E-state index in [1.807, 2.05) is 51.2 Å². The summed E-state index contributed by atoms with van der Waals surface area (Å²) in [7, 11) is 0. The van der Waals surface area contributed by atoms with E-state index in [0.717, 1.165) is 34.8 Å². The maximum atomic E-state index is 12.4. The number of anilines is 1. The Hall–Kier alpha value is -2.93. The van der Waals surface area contributed by atoms with Gasteiger partial charge in [-0.25, -0.2) is 4.79 Å². The van der Waals surface area contributed by atoms with Crippen LogP contribution in [0, 0.1) is 0 Å². The highest BCUT2D eigenvalue weighted by Crippen LogP contribution is 2.36. The summed E-state index contributed by atoms with van der Waals surface area (Å²) in [5, 5.41) is 11.8. The number of carbonyl (C=O) groups excluding carboxylic acids is 1. The molecule has 2 aliphatic rings. The van der Waals surface area contributed by atoms with Crippen LogP contribution in [-0.2, 0) is 4.74 Å². The minimum atomic E-state index is -0.495. The zero-order chi connectivity index (χ0) is 22.0. The molecule has 1 aromatic carbocycles. The van der Waals surface area contributed by atoms with Crippen molar-refractivity contribution in [3.63, 3.8) is 0 Å². The number of amides is 1. The number of nitrogens with one attached hydrogen (secondary N) is 2. The Morgan fingerprint density at radius 1 is 1.13 bits per heavy atom. The molecule has 2 aliphatic heterocycles. The summed E-state index contributed by atoms with van der Waals surface area (Å²) < 4.78 is 5.52. The second-order valence-corrected chi connectivity index (χ2v) is 9.10. The summed E-state index contributed by atoms with van der Waals surface area (Å²) in [6.07, 6.45) is 5.91. The fraction of sp³-hybridized carbons (Fsp3) is 0.391. The molecule has 31 heavy (non-hydrogen) atoms. The van der Waals surface area contributed by atoms with Crippen molar-refractivity contribution in [3.8, 4) is 11.3 Å². The fourth-order valence-corrected chi connectivity index (χ4v) is 3.85. The van der Waals surface area contributed by atoms with Gasteiger partial charge in [-0.05, 0) is 50.8 Å². The molecule has 0 bridgehead atoms. The maximum Gasteiger partial charge on any atom is 0.410 e. The summed E-state index contributed by atoms with van der Waals surface area (Å²) in [5.41, 5.74) is 3.66. The summed E-state index contributed by atoms with van der Waals surface area (Å²) in [4.78, 5) is 16.4. The van der Waals surface area contributed by atoms with Crippen LogP contribution in [0.25, 0.3) is 16.8 Å². The van der Waals surface area contributed by atoms with Gasteiger partial charge in [0, 0.05) is 43.3 Å². The topological polar surface area (TPSA) is 73.5 Å². The second kappa shape index (κ2) is 8.67. The average Bonchev–Trinajstić information content (AvgIpc) is 3.19. The molecule has 1 fully saturated rings. The molecule has 0 atom stereocenters. The molecule has 1 amide bonds. The molecular weight excluding hydrogens is 414 g/mol. The van der Waals surface area contributed by atoms with Gasteiger partial charge in [-0.3, -0.25) is 5.10 Å². The molecule has 1 saturated heterocycles. The van der Waals surface area contributed by atoms with Crippen LogP contribution in [0.15, 0.2) is 42.6 Å². The minimum absolute atomic E-state index is 0.264. The fourth-order valence-electron chi connectivity index (χ4n) is 3.73. The molecule has 4 rings (SSSR count). The van der Waals surface area contributed by atoms with Crippen molar-refractivity contribution in [2.24, 2.45) is 0 Å².